The van der Waals surface area contributed by atoms with Crippen LogP contribution in [-0.2, 0) is 6.54 Å². The molecule has 0 bridgehead atoms. The fraction of sp³-hybridized carbons (Fsp3) is 0.250. The number of hydrogen-bond donors (Lipinski definition) is 0. The number of aryl methyl sites for hydroxylation is 1. The molecule has 0 spiro atoms. The quantitative estimate of drug-likeness (QED) is 0.764. The molecule has 2 aromatic rings. The van der Waals surface area contributed by atoms with Crippen molar-refractivity contribution in [3.63, 3.8) is 0 Å². The van der Waals surface area contributed by atoms with Gasteiger partial charge >= 0.3 is 0 Å². The van der Waals surface area contributed by atoms with Crippen LogP contribution >= 0.6 is 0 Å². The van der Waals surface area contributed by atoms with Gasteiger partial charge in [0.15, 0.2) is 0 Å². The first-order valence-electron chi connectivity index (χ1n) is 5.00. The number of hydrogen-bond acceptors (Lipinski definition) is 1. The molecule has 4 heteroatoms. The molecular weight excluding hydrogens is 210 g/mol. The van der Waals surface area contributed by atoms with Gasteiger partial charge in [-0.3, -0.25) is 0 Å². The molecule has 0 radical (unpaired) electrons. The lowest BCUT2D eigenvalue weighted by Crippen LogP contribution is -2.03. The summed E-state index contributed by atoms with van der Waals surface area (Å²) in [5, 5.41) is 0. The largest absolute Gasteiger partial charge is 0.330 e. The third-order valence-electron chi connectivity index (χ3n) is 2.70. The van der Waals surface area contributed by atoms with E-state index in [0.717, 1.165) is 17.5 Å². The second kappa shape index (κ2) is 4.04. The third kappa shape index (κ3) is 1.96. The Morgan fingerprint density at radius 2 is 2.00 bits per heavy atom. The minimum Gasteiger partial charge on any atom is -0.330 e. The van der Waals surface area contributed by atoms with Crippen LogP contribution in [0, 0.1) is 25.5 Å². The van der Waals surface area contributed by atoms with Crippen molar-refractivity contribution < 1.29 is 8.78 Å². The maximum absolute atomic E-state index is 13.4. The van der Waals surface area contributed by atoms with Gasteiger partial charge in [0, 0.05) is 17.3 Å². The van der Waals surface area contributed by atoms with Crippen molar-refractivity contribution in [1.29, 1.82) is 0 Å². The van der Waals surface area contributed by atoms with Crippen LogP contribution in [0.1, 0.15) is 17.0 Å². The third-order valence-corrected chi connectivity index (χ3v) is 2.70. The van der Waals surface area contributed by atoms with Crippen molar-refractivity contribution in [2.45, 2.75) is 20.4 Å². The summed E-state index contributed by atoms with van der Waals surface area (Å²) < 4.78 is 28.0. The Bertz CT molecular complexity index is 518. The molecule has 1 aromatic carbocycles. The van der Waals surface area contributed by atoms with Gasteiger partial charge in [-0.05, 0) is 19.9 Å². The zero-order chi connectivity index (χ0) is 11.7. The summed E-state index contributed by atoms with van der Waals surface area (Å²) in [7, 11) is 0. The van der Waals surface area contributed by atoms with E-state index in [0.29, 0.717) is 12.1 Å². The number of aromatic nitrogens is 2. The summed E-state index contributed by atoms with van der Waals surface area (Å²) >= 11 is 0. The highest BCUT2D eigenvalue weighted by atomic mass is 19.1. The smallest absolute Gasteiger partial charge is 0.131 e. The molecule has 0 fully saturated rings. The molecule has 16 heavy (non-hydrogen) atoms. The monoisotopic (exact) mass is 222 g/mol. The fourth-order valence-electron chi connectivity index (χ4n) is 1.54. The first kappa shape index (κ1) is 10.8. The summed E-state index contributed by atoms with van der Waals surface area (Å²) in [6.07, 6.45) is 1.66. The summed E-state index contributed by atoms with van der Waals surface area (Å²) in [4.78, 5) is 4.13. The molecule has 0 saturated heterocycles. The highest BCUT2D eigenvalue weighted by Crippen LogP contribution is 2.13. The van der Waals surface area contributed by atoms with Crippen LogP contribution in [0.15, 0.2) is 24.5 Å². The van der Waals surface area contributed by atoms with Crippen molar-refractivity contribution >= 4 is 0 Å². The Kier molecular flexibility index (Phi) is 2.73. The predicted molar refractivity (Wildman–Crippen MR) is 57.2 cm³/mol. The molecule has 0 unspecified atom stereocenters. The van der Waals surface area contributed by atoms with E-state index in [4.69, 9.17) is 0 Å². The summed E-state index contributed by atoms with van der Waals surface area (Å²) in [5.74, 6) is -1.08. The van der Waals surface area contributed by atoms with Gasteiger partial charge in [0.05, 0.1) is 18.6 Å². The van der Waals surface area contributed by atoms with Crippen LogP contribution in [0.25, 0.3) is 0 Å². The van der Waals surface area contributed by atoms with E-state index in [-0.39, 0.29) is 0 Å². The Balaban J connectivity index is 2.30. The van der Waals surface area contributed by atoms with Gasteiger partial charge in [-0.2, -0.15) is 0 Å². The first-order valence-corrected chi connectivity index (χ1v) is 5.00. The number of nitrogens with zero attached hydrogens (tertiary/aromatic N) is 2. The van der Waals surface area contributed by atoms with Crippen LogP contribution in [0.4, 0.5) is 8.78 Å². The molecule has 0 amide bonds. The lowest BCUT2D eigenvalue weighted by molar-refractivity contribution is 0.565. The normalized spacial score (nSPS) is 10.8. The van der Waals surface area contributed by atoms with Crippen LogP contribution in [0.2, 0.25) is 0 Å². The van der Waals surface area contributed by atoms with Gasteiger partial charge in [0.1, 0.15) is 11.6 Å². The standard InChI is InChI=1S/C12H12F2N2/c1-8-9(2)16(7-15-8)6-10-3-4-11(13)5-12(10)14/h3-5,7H,6H2,1-2H3. The SMILES string of the molecule is Cc1ncn(Cc2ccc(F)cc2F)c1C. The van der Waals surface area contributed by atoms with Crippen molar-refractivity contribution in [1.82, 2.24) is 9.55 Å². The Hall–Kier alpha value is -1.71. The molecular formula is C12H12F2N2. The molecule has 0 atom stereocenters. The van der Waals surface area contributed by atoms with Gasteiger partial charge in [-0.25, -0.2) is 13.8 Å². The molecule has 1 aromatic heterocycles. The van der Waals surface area contributed by atoms with E-state index < -0.39 is 11.6 Å². The number of imidazole rings is 1. The van der Waals surface area contributed by atoms with E-state index in [1.54, 1.807) is 6.33 Å². The van der Waals surface area contributed by atoms with Gasteiger partial charge in [0.25, 0.3) is 0 Å². The van der Waals surface area contributed by atoms with Gasteiger partial charge < -0.3 is 4.57 Å². The highest BCUT2D eigenvalue weighted by molar-refractivity contribution is 5.20. The van der Waals surface area contributed by atoms with Gasteiger partial charge in [0.2, 0.25) is 0 Å². The predicted octanol–water partition coefficient (Wildman–Crippen LogP) is 2.83. The van der Waals surface area contributed by atoms with E-state index in [1.807, 2.05) is 18.4 Å². The molecule has 0 aliphatic carbocycles. The Labute approximate surface area is 92.6 Å². The molecule has 0 aliphatic rings. The fourth-order valence-corrected chi connectivity index (χ4v) is 1.54. The Morgan fingerprint density at radius 1 is 1.25 bits per heavy atom. The number of halogens is 2. The first-order chi connectivity index (χ1) is 7.58. The zero-order valence-electron chi connectivity index (χ0n) is 9.17. The van der Waals surface area contributed by atoms with Crippen LogP contribution in [-0.4, -0.2) is 9.55 Å². The maximum Gasteiger partial charge on any atom is 0.131 e. The van der Waals surface area contributed by atoms with Gasteiger partial charge in [-0.15, -0.1) is 0 Å². The summed E-state index contributed by atoms with van der Waals surface area (Å²) in [6.45, 7) is 4.19. The second-order valence-corrected chi connectivity index (χ2v) is 3.78. The lowest BCUT2D eigenvalue weighted by Gasteiger charge is -2.06. The van der Waals surface area contributed by atoms with Gasteiger partial charge in [-0.1, -0.05) is 6.07 Å². The Morgan fingerprint density at radius 3 is 2.56 bits per heavy atom. The average molecular weight is 222 g/mol. The van der Waals surface area contributed by atoms with E-state index >= 15 is 0 Å². The van der Waals surface area contributed by atoms with Crippen LogP contribution < -0.4 is 0 Å². The van der Waals surface area contributed by atoms with Crippen molar-refractivity contribution in [2.75, 3.05) is 0 Å². The molecule has 0 aliphatic heterocycles. The molecule has 0 saturated carbocycles. The number of benzene rings is 1. The molecule has 0 N–H and O–H groups in total. The molecule has 1 heterocycles. The zero-order valence-corrected chi connectivity index (χ0v) is 9.17. The van der Waals surface area contributed by atoms with Crippen molar-refractivity contribution in [3.8, 4) is 0 Å². The highest BCUT2D eigenvalue weighted by Gasteiger charge is 2.07. The van der Waals surface area contributed by atoms with E-state index in [9.17, 15) is 8.78 Å². The average Bonchev–Trinajstić information content (AvgIpc) is 2.54. The van der Waals surface area contributed by atoms with E-state index in [2.05, 4.69) is 4.98 Å². The van der Waals surface area contributed by atoms with Crippen molar-refractivity contribution in [3.05, 3.63) is 53.1 Å². The maximum atomic E-state index is 13.4. The topological polar surface area (TPSA) is 17.8 Å². The summed E-state index contributed by atoms with van der Waals surface area (Å²) in [6, 6.07) is 3.62. The minimum absolute atomic E-state index is 0.374. The van der Waals surface area contributed by atoms with Crippen LogP contribution in [0.3, 0.4) is 0 Å². The lowest BCUT2D eigenvalue weighted by atomic mass is 10.2. The molecule has 2 nitrogen and oxygen atoms in total. The minimum atomic E-state index is -0.556. The van der Waals surface area contributed by atoms with E-state index in [1.165, 1.54) is 12.1 Å². The molecule has 84 valence electrons. The molecule has 2 rings (SSSR count). The second-order valence-electron chi connectivity index (χ2n) is 3.78. The van der Waals surface area contributed by atoms with Crippen LogP contribution in [0.5, 0.6) is 0 Å². The van der Waals surface area contributed by atoms with Crippen molar-refractivity contribution in [2.24, 2.45) is 0 Å². The summed E-state index contributed by atoms with van der Waals surface area (Å²) in [5.41, 5.74) is 2.37. The number of rotatable bonds is 2.